The summed E-state index contributed by atoms with van der Waals surface area (Å²) in [5.41, 5.74) is 4.53. The number of carbonyl (C=O) groups excluding carboxylic acids is 2. The maximum absolute atomic E-state index is 14.4. The maximum Gasteiger partial charge on any atom is 0.255 e. The van der Waals surface area contributed by atoms with Crippen LogP contribution in [0.2, 0.25) is 0 Å². The molecule has 6 aliphatic rings. The minimum Gasteiger partial charge on any atom is -0.475 e. The monoisotopic (exact) mass is 1670 g/mol. The SMILES string of the molecule is CC(=O)N1CCC(COc2nc(Nc3ccc(N4CCOCC4)cc3)ncc2F)C(F)C1.CC(=O)N1CCC(COc2nc(Nc3ccc(N4CCOCC4)cc3)ncc2F)C(F)C1.Cc1nn(C(C)(C)C#N)cc1Nc1ncc(F)c(OCC2CCCCC2F)n1.Cc1nn(C(C)(C)C#N)cc1Nc1ncc(F)c(OCC2CCCCC2F)n1. The van der Waals surface area contributed by atoms with E-state index in [1.165, 1.54) is 33.0 Å². The highest BCUT2D eigenvalue weighted by atomic mass is 19.2. The highest BCUT2D eigenvalue weighted by Crippen LogP contribution is 2.34. The number of carbonyl (C=O) groups is 2. The lowest BCUT2D eigenvalue weighted by atomic mass is 9.88. The van der Waals surface area contributed by atoms with E-state index in [1.54, 1.807) is 53.9 Å². The van der Waals surface area contributed by atoms with E-state index in [4.69, 9.17) is 28.4 Å². The van der Waals surface area contributed by atoms with Crippen LogP contribution in [-0.4, -0.2) is 211 Å². The molecule has 10 heterocycles. The summed E-state index contributed by atoms with van der Waals surface area (Å²) in [6, 6.07) is 19.9. The molecule has 0 radical (unpaired) electrons. The van der Waals surface area contributed by atoms with Gasteiger partial charge in [0.15, 0.2) is 0 Å². The Morgan fingerprint density at radius 1 is 0.450 bits per heavy atom. The summed E-state index contributed by atoms with van der Waals surface area (Å²) in [5, 5.41) is 39.2. The number of benzene rings is 2. The quantitative estimate of drug-likeness (QED) is 0.0408. The number of likely N-dealkylation sites (tertiary alicyclic amines) is 2. The number of hydrogen-bond donors (Lipinski definition) is 4. The van der Waals surface area contributed by atoms with Crippen molar-refractivity contribution in [2.45, 2.75) is 155 Å². The number of nitrogens with one attached hydrogen (secondary N) is 4. The second-order valence-corrected chi connectivity index (χ2v) is 31.1. The molecule has 0 spiro atoms. The van der Waals surface area contributed by atoms with Crippen molar-refractivity contribution in [3.63, 3.8) is 0 Å². The number of ether oxygens (including phenoxy) is 6. The fourth-order valence-electron chi connectivity index (χ4n) is 13.8. The Hall–Kier alpha value is -11.5. The first-order valence-corrected chi connectivity index (χ1v) is 40.2. The second-order valence-electron chi connectivity index (χ2n) is 31.1. The van der Waals surface area contributed by atoms with Gasteiger partial charge in [0.05, 0.1) is 138 Å². The molecule has 8 aromatic rings. The highest BCUT2D eigenvalue weighted by Gasteiger charge is 2.35. The van der Waals surface area contributed by atoms with E-state index < -0.39 is 70.9 Å². The van der Waals surface area contributed by atoms with E-state index >= 15 is 0 Å². The van der Waals surface area contributed by atoms with Crippen molar-refractivity contribution >= 4 is 69.7 Å². The fraction of sp³-hybridized carbons (Fsp3) is 0.537. The van der Waals surface area contributed by atoms with Crippen LogP contribution in [0.1, 0.15) is 117 Å². The van der Waals surface area contributed by atoms with Crippen LogP contribution in [-0.2, 0) is 30.1 Å². The molecule has 644 valence electrons. The lowest BCUT2D eigenvalue weighted by molar-refractivity contribution is -0.132. The van der Waals surface area contributed by atoms with Crippen LogP contribution >= 0.6 is 0 Å². The van der Waals surface area contributed by atoms with Gasteiger partial charge in [-0.3, -0.25) is 19.0 Å². The number of morpholine rings is 2. The topological polar surface area (TPSA) is 337 Å². The standard InChI is InChI=1S/2C22H27F2N5O3.2C19H24F2N6O/c2*1-15(30)29-7-6-16(20(24)13-29)14-32-21-19(23)12-25-22(27-21)26-17-2-4-18(5-3-17)28-8-10-31-11-9-28;2*1-12-16(9-27(26-12)19(2,3)11-22)24-18-23-8-15(21)17(25-18)28-10-13-6-4-5-7-14(13)20/h2*2-5,12,16,20H,6-11,13-14H2,1H3,(H,25,26,27);2*8-9,13-14H,4-7,10H2,1-3H3,(H,23,24,25). The normalized spacial score (nSPS) is 20.6. The first kappa shape index (κ1) is 89.3. The van der Waals surface area contributed by atoms with Gasteiger partial charge in [-0.25, -0.2) is 37.5 Å². The van der Waals surface area contributed by atoms with Gasteiger partial charge >= 0.3 is 0 Å². The van der Waals surface area contributed by atoms with Crippen LogP contribution in [0.15, 0.2) is 85.7 Å². The summed E-state index contributed by atoms with van der Waals surface area (Å²) >= 11 is 0. The van der Waals surface area contributed by atoms with E-state index in [9.17, 15) is 55.2 Å². The number of halogens is 8. The molecular formula is C82H102F8N22O8. The van der Waals surface area contributed by atoms with E-state index in [-0.39, 0.29) is 110 Å². The van der Waals surface area contributed by atoms with Gasteiger partial charge in [0.2, 0.25) is 58.9 Å². The third-order valence-electron chi connectivity index (χ3n) is 21.4. The molecule has 8 unspecified atom stereocenters. The van der Waals surface area contributed by atoms with Crippen LogP contribution in [0.3, 0.4) is 0 Å². The Morgan fingerprint density at radius 3 is 1.04 bits per heavy atom. The molecule has 6 aromatic heterocycles. The minimum atomic E-state index is -1.22. The summed E-state index contributed by atoms with van der Waals surface area (Å²) in [6.45, 7) is 20.7. The smallest absolute Gasteiger partial charge is 0.255 e. The number of aromatic nitrogens is 12. The highest BCUT2D eigenvalue weighted by molar-refractivity contribution is 5.74. The summed E-state index contributed by atoms with van der Waals surface area (Å²) < 4.78 is 149. The molecule has 6 fully saturated rings. The molecule has 4 saturated heterocycles. The number of nitriles is 2. The summed E-state index contributed by atoms with van der Waals surface area (Å²) in [4.78, 5) is 62.3. The van der Waals surface area contributed by atoms with Crippen LogP contribution in [0.25, 0.3) is 0 Å². The third kappa shape index (κ3) is 24.8. The van der Waals surface area contributed by atoms with Gasteiger partial charge in [0.1, 0.15) is 35.8 Å². The molecule has 120 heavy (non-hydrogen) atoms. The van der Waals surface area contributed by atoms with Gasteiger partial charge in [-0.2, -0.15) is 58.2 Å². The molecule has 30 nitrogen and oxygen atoms in total. The first-order valence-electron chi connectivity index (χ1n) is 40.2. The summed E-state index contributed by atoms with van der Waals surface area (Å²) in [7, 11) is 0. The molecule has 14 rings (SSSR count). The number of rotatable bonds is 24. The van der Waals surface area contributed by atoms with E-state index in [0.717, 1.165) is 112 Å². The number of hydrogen-bond acceptors (Lipinski definition) is 26. The lowest BCUT2D eigenvalue weighted by Crippen LogP contribution is -2.45. The van der Waals surface area contributed by atoms with Crippen molar-refractivity contribution in [1.29, 1.82) is 10.5 Å². The van der Waals surface area contributed by atoms with Crippen molar-refractivity contribution < 1.29 is 73.1 Å². The van der Waals surface area contributed by atoms with Crippen molar-refractivity contribution in [1.82, 2.24) is 69.2 Å². The molecule has 2 saturated carbocycles. The Bertz CT molecular complexity index is 4490. The van der Waals surface area contributed by atoms with Crippen molar-refractivity contribution in [2.24, 2.45) is 23.7 Å². The molecule has 4 aliphatic heterocycles. The Labute approximate surface area is 691 Å². The van der Waals surface area contributed by atoms with Crippen LogP contribution in [0, 0.1) is 83.5 Å². The first-order chi connectivity index (χ1) is 57.6. The fourth-order valence-corrected chi connectivity index (χ4v) is 13.8. The predicted octanol–water partition coefficient (Wildman–Crippen LogP) is 13.6. The molecule has 2 aromatic carbocycles. The van der Waals surface area contributed by atoms with Crippen molar-refractivity contribution in [3.05, 3.63) is 120 Å². The number of anilines is 10. The van der Waals surface area contributed by atoms with E-state index in [0.29, 0.717) is 88.0 Å². The zero-order chi connectivity index (χ0) is 85.6. The van der Waals surface area contributed by atoms with Gasteiger partial charge in [-0.05, 0) is 129 Å². The van der Waals surface area contributed by atoms with E-state index in [1.807, 2.05) is 48.5 Å². The van der Waals surface area contributed by atoms with Crippen molar-refractivity contribution in [2.75, 3.05) is 136 Å². The number of amides is 2. The lowest BCUT2D eigenvalue weighted by Gasteiger charge is -2.33. The largest absolute Gasteiger partial charge is 0.475 e. The Morgan fingerprint density at radius 2 is 0.750 bits per heavy atom. The Kier molecular flexibility index (Phi) is 31.2. The van der Waals surface area contributed by atoms with Gasteiger partial charge in [0.25, 0.3) is 23.5 Å². The Balaban J connectivity index is 0.000000157. The average molecular weight is 1680 g/mol. The van der Waals surface area contributed by atoms with Gasteiger partial charge in [-0.1, -0.05) is 25.7 Å². The predicted molar refractivity (Wildman–Crippen MR) is 430 cm³/mol. The third-order valence-corrected chi connectivity index (χ3v) is 21.4. The number of piperidine rings is 2. The van der Waals surface area contributed by atoms with Crippen molar-refractivity contribution in [3.8, 4) is 35.7 Å². The summed E-state index contributed by atoms with van der Waals surface area (Å²) in [5.74, 6) is -4.71. The van der Waals surface area contributed by atoms with E-state index in [2.05, 4.69) is 93.3 Å². The molecule has 38 heteroatoms. The molecule has 2 amide bonds. The second kappa shape index (κ2) is 41.9. The number of alkyl halides is 4. The van der Waals surface area contributed by atoms with Crippen LogP contribution in [0.4, 0.5) is 93.0 Å². The summed E-state index contributed by atoms with van der Waals surface area (Å²) in [6.07, 6.45) is 10.2. The van der Waals surface area contributed by atoms with Crippen LogP contribution in [0.5, 0.6) is 23.5 Å². The minimum absolute atomic E-state index is 0.0193. The molecule has 0 bridgehead atoms. The zero-order valence-corrected chi connectivity index (χ0v) is 68.4. The zero-order valence-electron chi connectivity index (χ0n) is 68.4. The number of nitrogens with zero attached hydrogens (tertiary/aromatic N) is 18. The molecule has 4 N–H and O–H groups in total. The molecular weight excluding hydrogens is 1570 g/mol. The van der Waals surface area contributed by atoms with Gasteiger partial charge in [-0.15, -0.1) is 0 Å². The van der Waals surface area contributed by atoms with Gasteiger partial charge < -0.3 is 69.3 Å². The molecule has 2 aliphatic carbocycles. The average Bonchev–Trinajstić information content (AvgIpc) is 1.65. The van der Waals surface area contributed by atoms with Gasteiger partial charge in [0, 0.05) is 99.5 Å². The number of aryl methyl sites for hydroxylation is 2. The van der Waals surface area contributed by atoms with Crippen LogP contribution < -0.4 is 50.0 Å². The molecule has 8 atom stereocenters. The maximum atomic E-state index is 14.4.